The van der Waals surface area contributed by atoms with Gasteiger partial charge in [-0.2, -0.15) is 28.1 Å². The second-order valence-corrected chi connectivity index (χ2v) is 5.66. The lowest BCUT2D eigenvalue weighted by molar-refractivity contribution is -0.141. The van der Waals surface area contributed by atoms with Gasteiger partial charge >= 0.3 is 6.18 Å². The Hall–Kier alpha value is -2.00. The molecule has 0 aliphatic carbocycles. The van der Waals surface area contributed by atoms with Crippen molar-refractivity contribution in [3.05, 3.63) is 29.2 Å². The van der Waals surface area contributed by atoms with Gasteiger partial charge in [0.25, 0.3) is 0 Å². The first-order valence-electron chi connectivity index (χ1n) is 6.47. The average molecular weight is 348 g/mol. The molecule has 0 fully saturated rings. The molecule has 2 N–H and O–H groups in total. The number of alkyl halides is 3. The molecule has 0 bridgehead atoms. The van der Waals surface area contributed by atoms with Crippen molar-refractivity contribution in [2.24, 2.45) is 0 Å². The van der Waals surface area contributed by atoms with Crippen molar-refractivity contribution in [2.75, 3.05) is 11.9 Å². The molecule has 0 spiro atoms. The summed E-state index contributed by atoms with van der Waals surface area (Å²) in [4.78, 5) is 15.1. The average Bonchev–Trinajstić information content (AvgIpc) is 2.43. The summed E-state index contributed by atoms with van der Waals surface area (Å²) < 4.78 is 38.1. The number of aliphatic hydroxyl groups is 1. The largest absolute Gasteiger partial charge is 0.433 e. The van der Waals surface area contributed by atoms with E-state index < -0.39 is 17.5 Å². The van der Waals surface area contributed by atoms with Crippen LogP contribution in [0.15, 0.2) is 18.2 Å². The molecule has 0 saturated carbocycles. The first-order chi connectivity index (χ1) is 10.5. The second kappa shape index (κ2) is 6.25. The molecule has 23 heavy (non-hydrogen) atoms. The fourth-order valence-corrected chi connectivity index (χ4v) is 1.72. The maximum Gasteiger partial charge on any atom is 0.433 e. The molecule has 0 aliphatic rings. The van der Waals surface area contributed by atoms with Crippen molar-refractivity contribution in [3.8, 4) is 11.5 Å². The van der Waals surface area contributed by atoms with Crippen LogP contribution in [0.4, 0.5) is 19.1 Å². The molecule has 2 heterocycles. The van der Waals surface area contributed by atoms with Gasteiger partial charge in [-0.05, 0) is 37.6 Å². The summed E-state index contributed by atoms with van der Waals surface area (Å²) in [7, 11) is 0. The highest BCUT2D eigenvalue weighted by Crippen LogP contribution is 2.29. The Morgan fingerprint density at radius 1 is 1.13 bits per heavy atom. The third-order valence-corrected chi connectivity index (χ3v) is 2.72. The number of pyridine rings is 1. The maximum atomic E-state index is 12.7. The van der Waals surface area contributed by atoms with Gasteiger partial charge in [-0.3, -0.25) is 0 Å². The lowest BCUT2D eigenvalue weighted by Gasteiger charge is -2.17. The quantitative estimate of drug-likeness (QED) is 0.884. The van der Waals surface area contributed by atoms with E-state index >= 15 is 0 Å². The monoisotopic (exact) mass is 347 g/mol. The van der Waals surface area contributed by atoms with Crippen LogP contribution < -0.4 is 5.32 Å². The Morgan fingerprint density at radius 2 is 1.83 bits per heavy atom. The molecule has 2 rings (SSSR count). The van der Waals surface area contributed by atoms with Crippen LogP contribution in [0.25, 0.3) is 11.5 Å². The molecule has 0 unspecified atom stereocenters. The first kappa shape index (κ1) is 17.4. The molecule has 2 aromatic rings. The summed E-state index contributed by atoms with van der Waals surface area (Å²) in [5.74, 6) is -0.0734. The van der Waals surface area contributed by atoms with Crippen LogP contribution in [-0.2, 0) is 6.18 Å². The Morgan fingerprint density at radius 3 is 2.43 bits per heavy atom. The van der Waals surface area contributed by atoms with Crippen LogP contribution in [0.2, 0.25) is 5.28 Å². The number of rotatable bonds is 4. The molecule has 0 aliphatic heterocycles. The van der Waals surface area contributed by atoms with Gasteiger partial charge in [-0.15, -0.1) is 0 Å². The molecular formula is C13H13ClF3N5O. The zero-order chi connectivity index (χ0) is 17.3. The van der Waals surface area contributed by atoms with Gasteiger partial charge in [0, 0.05) is 6.54 Å². The van der Waals surface area contributed by atoms with Gasteiger partial charge in [0.05, 0.1) is 5.60 Å². The fraction of sp³-hybridized carbons (Fsp3) is 0.385. The van der Waals surface area contributed by atoms with E-state index in [0.29, 0.717) is 0 Å². The van der Waals surface area contributed by atoms with Gasteiger partial charge in [0.2, 0.25) is 11.2 Å². The van der Waals surface area contributed by atoms with Crippen molar-refractivity contribution < 1.29 is 18.3 Å². The van der Waals surface area contributed by atoms with E-state index in [1.807, 2.05) is 0 Å². The molecular weight excluding hydrogens is 335 g/mol. The van der Waals surface area contributed by atoms with E-state index in [4.69, 9.17) is 11.6 Å². The van der Waals surface area contributed by atoms with Crippen LogP contribution in [0.1, 0.15) is 19.5 Å². The Balaban J connectivity index is 2.35. The predicted molar refractivity (Wildman–Crippen MR) is 77.9 cm³/mol. The summed E-state index contributed by atoms with van der Waals surface area (Å²) in [6.45, 7) is 3.25. The van der Waals surface area contributed by atoms with Crippen LogP contribution >= 0.6 is 11.6 Å². The number of hydrogen-bond acceptors (Lipinski definition) is 6. The second-order valence-electron chi connectivity index (χ2n) is 5.32. The highest BCUT2D eigenvalue weighted by Gasteiger charge is 2.32. The summed E-state index contributed by atoms with van der Waals surface area (Å²) in [5, 5.41) is 12.2. The number of anilines is 1. The molecule has 2 aromatic heterocycles. The smallest absolute Gasteiger partial charge is 0.389 e. The van der Waals surface area contributed by atoms with E-state index in [1.54, 1.807) is 13.8 Å². The van der Waals surface area contributed by atoms with Crippen LogP contribution in [-0.4, -0.2) is 37.2 Å². The molecule has 0 atom stereocenters. The van der Waals surface area contributed by atoms with Crippen LogP contribution in [0, 0.1) is 0 Å². The summed E-state index contributed by atoms with van der Waals surface area (Å²) in [6.07, 6.45) is -4.57. The predicted octanol–water partition coefficient (Wildman–Crippen LogP) is 2.79. The summed E-state index contributed by atoms with van der Waals surface area (Å²) in [5.41, 5.74) is -2.18. The zero-order valence-corrected chi connectivity index (χ0v) is 12.9. The minimum atomic E-state index is -4.57. The Kier molecular flexibility index (Phi) is 4.71. The third kappa shape index (κ3) is 5.00. The fourth-order valence-electron chi connectivity index (χ4n) is 1.56. The maximum absolute atomic E-state index is 12.7. The number of hydrogen-bond donors (Lipinski definition) is 2. The first-order valence-corrected chi connectivity index (χ1v) is 6.85. The molecule has 6 nitrogen and oxygen atoms in total. The normalized spacial score (nSPS) is 12.3. The van der Waals surface area contributed by atoms with E-state index in [2.05, 4.69) is 25.3 Å². The molecule has 0 amide bonds. The van der Waals surface area contributed by atoms with Crippen molar-refractivity contribution in [1.82, 2.24) is 19.9 Å². The SMILES string of the molecule is CC(C)(O)CNc1nc(Cl)nc(-c2cccc(C(F)(F)F)n2)n1. The van der Waals surface area contributed by atoms with Crippen molar-refractivity contribution in [2.45, 2.75) is 25.6 Å². The van der Waals surface area contributed by atoms with Gasteiger partial charge in [-0.25, -0.2) is 4.98 Å². The van der Waals surface area contributed by atoms with Gasteiger partial charge in [0.1, 0.15) is 11.4 Å². The molecule has 10 heteroatoms. The van der Waals surface area contributed by atoms with Gasteiger partial charge in [0.15, 0.2) is 5.82 Å². The van der Waals surface area contributed by atoms with E-state index in [9.17, 15) is 18.3 Å². The minimum absolute atomic E-state index is 0.0290. The van der Waals surface area contributed by atoms with Gasteiger partial charge < -0.3 is 10.4 Å². The zero-order valence-electron chi connectivity index (χ0n) is 12.2. The minimum Gasteiger partial charge on any atom is -0.389 e. The van der Waals surface area contributed by atoms with E-state index in [1.165, 1.54) is 12.1 Å². The summed E-state index contributed by atoms with van der Waals surface area (Å²) >= 11 is 5.76. The molecule has 0 aromatic carbocycles. The Labute approximate surface area is 134 Å². The lowest BCUT2D eigenvalue weighted by atomic mass is 10.1. The summed E-state index contributed by atoms with van der Waals surface area (Å²) in [6, 6.07) is 3.38. The van der Waals surface area contributed by atoms with Crippen molar-refractivity contribution >= 4 is 17.5 Å². The van der Waals surface area contributed by atoms with Crippen molar-refractivity contribution in [3.63, 3.8) is 0 Å². The highest BCUT2D eigenvalue weighted by atomic mass is 35.5. The lowest BCUT2D eigenvalue weighted by Crippen LogP contribution is -2.30. The van der Waals surface area contributed by atoms with Crippen LogP contribution in [0.3, 0.4) is 0 Å². The Bertz CT molecular complexity index is 703. The number of aromatic nitrogens is 4. The highest BCUT2D eigenvalue weighted by molar-refractivity contribution is 6.28. The van der Waals surface area contributed by atoms with Crippen molar-refractivity contribution in [1.29, 1.82) is 0 Å². The molecule has 0 radical (unpaired) electrons. The van der Waals surface area contributed by atoms with E-state index in [0.717, 1.165) is 6.07 Å². The topological polar surface area (TPSA) is 83.8 Å². The molecule has 0 saturated heterocycles. The molecule has 124 valence electrons. The van der Waals surface area contributed by atoms with Crippen LogP contribution in [0.5, 0.6) is 0 Å². The number of nitrogens with zero attached hydrogens (tertiary/aromatic N) is 4. The van der Waals surface area contributed by atoms with E-state index in [-0.39, 0.29) is 29.3 Å². The number of halogens is 4. The third-order valence-electron chi connectivity index (χ3n) is 2.56. The standard InChI is InChI=1S/C13H13ClF3N5O/c1-12(2,23)6-18-11-21-9(20-10(14)22-11)7-4-3-5-8(19-7)13(15,16)17/h3-5,23H,6H2,1-2H3,(H,18,20,21,22). The number of nitrogens with one attached hydrogen (secondary N) is 1. The van der Waals surface area contributed by atoms with Gasteiger partial charge in [-0.1, -0.05) is 6.07 Å².